The third-order valence-electron chi connectivity index (χ3n) is 3.41. The zero-order valence-corrected chi connectivity index (χ0v) is 13.2. The van der Waals surface area contributed by atoms with Gasteiger partial charge in [0.2, 0.25) is 0 Å². The lowest BCUT2D eigenvalue weighted by atomic mass is 10.0. The smallest absolute Gasteiger partial charge is 0.151 e. The number of aromatic nitrogens is 1. The first-order valence-corrected chi connectivity index (χ1v) is 7.44. The Morgan fingerprint density at radius 1 is 1.32 bits per heavy atom. The summed E-state index contributed by atoms with van der Waals surface area (Å²) < 4.78 is 14.2. The van der Waals surface area contributed by atoms with Crippen molar-refractivity contribution in [1.29, 1.82) is 0 Å². The predicted molar refractivity (Wildman–Crippen MR) is 87.3 cm³/mol. The van der Waals surface area contributed by atoms with Crippen LogP contribution in [0.5, 0.6) is 0 Å². The lowest BCUT2D eigenvalue weighted by Gasteiger charge is -2.21. The highest BCUT2D eigenvalue weighted by Crippen LogP contribution is 2.36. The molecule has 0 bridgehead atoms. The molecular weight excluding hydrogens is 326 g/mol. The number of benzene rings is 1. The van der Waals surface area contributed by atoms with E-state index in [0.29, 0.717) is 28.5 Å². The molecule has 7 heteroatoms. The van der Waals surface area contributed by atoms with Gasteiger partial charge in [0.25, 0.3) is 0 Å². The third kappa shape index (κ3) is 2.56. The van der Waals surface area contributed by atoms with Crippen molar-refractivity contribution >= 4 is 34.6 Å². The van der Waals surface area contributed by atoms with E-state index >= 15 is 0 Å². The minimum absolute atomic E-state index is 0.134. The van der Waals surface area contributed by atoms with Crippen LogP contribution >= 0.6 is 23.2 Å². The first kappa shape index (κ1) is 15.2. The van der Waals surface area contributed by atoms with Crippen molar-refractivity contribution in [1.82, 2.24) is 4.98 Å². The Labute approximate surface area is 137 Å². The standard InChI is InChI=1S/C15H13Cl2FN4/c1-8-7-22(19)11-5-4-9(16)13(17)12(11)15(21-8)14-10(18)3-2-6-20-14/h2-6,8H,7,19H2,1H3. The highest BCUT2D eigenvalue weighted by molar-refractivity contribution is 6.45. The van der Waals surface area contributed by atoms with Gasteiger partial charge in [0.1, 0.15) is 5.69 Å². The Morgan fingerprint density at radius 3 is 2.82 bits per heavy atom. The number of halogens is 3. The SMILES string of the molecule is CC1CN(N)c2ccc(Cl)c(Cl)c2C(c2ncccc2F)=N1. The van der Waals surface area contributed by atoms with E-state index in [4.69, 9.17) is 29.0 Å². The summed E-state index contributed by atoms with van der Waals surface area (Å²) in [5.74, 6) is 5.61. The number of nitrogens with two attached hydrogens (primary N) is 1. The molecule has 0 fully saturated rings. The minimum Gasteiger partial charge on any atom is -0.308 e. The van der Waals surface area contributed by atoms with Gasteiger partial charge in [-0.2, -0.15) is 0 Å². The van der Waals surface area contributed by atoms with Gasteiger partial charge < -0.3 is 5.01 Å². The predicted octanol–water partition coefficient (Wildman–Crippen LogP) is 3.45. The van der Waals surface area contributed by atoms with Crippen molar-refractivity contribution in [2.24, 2.45) is 10.8 Å². The lowest BCUT2D eigenvalue weighted by molar-refractivity contribution is 0.617. The average Bonchev–Trinajstić information content (AvgIpc) is 2.60. The van der Waals surface area contributed by atoms with Gasteiger partial charge in [-0.1, -0.05) is 23.2 Å². The van der Waals surface area contributed by atoms with E-state index in [-0.39, 0.29) is 16.8 Å². The van der Waals surface area contributed by atoms with Crippen LogP contribution in [0.25, 0.3) is 0 Å². The van der Waals surface area contributed by atoms with E-state index in [1.165, 1.54) is 18.3 Å². The van der Waals surface area contributed by atoms with Gasteiger partial charge in [0, 0.05) is 11.8 Å². The fraction of sp³-hybridized carbons (Fsp3) is 0.200. The van der Waals surface area contributed by atoms with Crippen LogP contribution in [-0.4, -0.2) is 23.3 Å². The van der Waals surface area contributed by atoms with Crippen LogP contribution in [0.2, 0.25) is 10.0 Å². The average molecular weight is 339 g/mol. The van der Waals surface area contributed by atoms with Gasteiger partial charge in [-0.05, 0) is 31.2 Å². The zero-order chi connectivity index (χ0) is 15.9. The van der Waals surface area contributed by atoms with Crippen LogP contribution in [0, 0.1) is 5.82 Å². The molecule has 0 saturated carbocycles. The van der Waals surface area contributed by atoms with Gasteiger partial charge in [-0.15, -0.1) is 0 Å². The third-order valence-corrected chi connectivity index (χ3v) is 4.22. The molecule has 1 aliphatic heterocycles. The molecule has 1 aromatic carbocycles. The monoisotopic (exact) mass is 338 g/mol. The molecule has 3 rings (SSSR count). The maximum atomic E-state index is 14.2. The lowest BCUT2D eigenvalue weighted by Crippen LogP contribution is -2.36. The molecule has 114 valence electrons. The summed E-state index contributed by atoms with van der Waals surface area (Å²) in [7, 11) is 0. The van der Waals surface area contributed by atoms with Gasteiger partial charge in [0.15, 0.2) is 5.82 Å². The van der Waals surface area contributed by atoms with Crippen molar-refractivity contribution in [3.63, 3.8) is 0 Å². The van der Waals surface area contributed by atoms with Crippen molar-refractivity contribution in [3.8, 4) is 0 Å². The second-order valence-corrected chi connectivity index (χ2v) is 5.85. The fourth-order valence-electron chi connectivity index (χ4n) is 2.45. The number of fused-ring (bicyclic) bond motifs is 1. The number of hydrogen-bond donors (Lipinski definition) is 1. The maximum Gasteiger partial charge on any atom is 0.151 e. The van der Waals surface area contributed by atoms with Crippen LogP contribution in [0.4, 0.5) is 10.1 Å². The highest BCUT2D eigenvalue weighted by Gasteiger charge is 2.27. The largest absolute Gasteiger partial charge is 0.308 e. The number of hydrogen-bond acceptors (Lipinski definition) is 4. The zero-order valence-electron chi connectivity index (χ0n) is 11.7. The quantitative estimate of drug-likeness (QED) is 0.810. The van der Waals surface area contributed by atoms with Gasteiger partial charge in [0.05, 0.1) is 34.0 Å². The minimum atomic E-state index is -0.471. The van der Waals surface area contributed by atoms with Crippen LogP contribution in [0.1, 0.15) is 18.2 Å². The van der Waals surface area contributed by atoms with E-state index in [1.807, 2.05) is 6.92 Å². The summed E-state index contributed by atoms with van der Waals surface area (Å²) in [5.41, 5.74) is 1.64. The molecule has 2 N–H and O–H groups in total. The molecule has 1 aromatic heterocycles. The second-order valence-electron chi connectivity index (χ2n) is 5.07. The van der Waals surface area contributed by atoms with E-state index in [0.717, 1.165) is 0 Å². The number of rotatable bonds is 1. The molecule has 0 spiro atoms. The molecule has 2 aromatic rings. The molecule has 1 unspecified atom stereocenters. The first-order chi connectivity index (χ1) is 10.5. The number of aliphatic imine (C=N–C) groups is 1. The van der Waals surface area contributed by atoms with Crippen molar-refractivity contribution in [2.45, 2.75) is 13.0 Å². The molecule has 0 saturated heterocycles. The molecule has 0 amide bonds. The van der Waals surface area contributed by atoms with E-state index in [1.54, 1.807) is 17.1 Å². The number of hydrazine groups is 1. The Kier molecular flexibility index (Phi) is 4.04. The Balaban J connectivity index is 2.32. The second kappa shape index (κ2) is 5.83. The van der Waals surface area contributed by atoms with Crippen molar-refractivity contribution < 1.29 is 4.39 Å². The highest BCUT2D eigenvalue weighted by atomic mass is 35.5. The van der Waals surface area contributed by atoms with Gasteiger partial charge >= 0.3 is 0 Å². The number of benzodiazepines with no additional fused rings is 1. The normalized spacial score (nSPS) is 17.8. The summed E-state index contributed by atoms with van der Waals surface area (Å²) in [4.78, 5) is 8.66. The molecule has 4 nitrogen and oxygen atoms in total. The number of anilines is 1. The summed E-state index contributed by atoms with van der Waals surface area (Å²) in [6.45, 7) is 2.37. The maximum absolute atomic E-state index is 14.2. The molecular formula is C15H13Cl2FN4. The molecule has 2 heterocycles. The van der Waals surface area contributed by atoms with Gasteiger partial charge in [-0.25, -0.2) is 10.2 Å². The summed E-state index contributed by atoms with van der Waals surface area (Å²) in [6.07, 6.45) is 1.51. The molecule has 1 atom stereocenters. The topological polar surface area (TPSA) is 54.5 Å². The Bertz CT molecular complexity index is 763. The van der Waals surface area contributed by atoms with Crippen LogP contribution in [0.15, 0.2) is 35.5 Å². The van der Waals surface area contributed by atoms with Crippen LogP contribution in [-0.2, 0) is 0 Å². The fourth-order valence-corrected chi connectivity index (χ4v) is 2.86. The van der Waals surface area contributed by atoms with Crippen molar-refractivity contribution in [2.75, 3.05) is 11.6 Å². The van der Waals surface area contributed by atoms with E-state index in [2.05, 4.69) is 9.98 Å². The Morgan fingerprint density at radius 2 is 2.09 bits per heavy atom. The van der Waals surface area contributed by atoms with Crippen molar-refractivity contribution in [3.05, 3.63) is 57.6 Å². The van der Waals surface area contributed by atoms with E-state index in [9.17, 15) is 4.39 Å². The van der Waals surface area contributed by atoms with E-state index < -0.39 is 5.82 Å². The summed E-state index contributed by atoms with van der Waals surface area (Å²) in [6, 6.07) is 6.11. The van der Waals surface area contributed by atoms with Gasteiger partial charge in [-0.3, -0.25) is 9.98 Å². The Hall–Kier alpha value is -1.69. The summed E-state index contributed by atoms with van der Waals surface area (Å²) >= 11 is 12.5. The first-order valence-electron chi connectivity index (χ1n) is 6.68. The molecule has 22 heavy (non-hydrogen) atoms. The molecule has 0 aliphatic carbocycles. The molecule has 0 radical (unpaired) electrons. The summed E-state index contributed by atoms with van der Waals surface area (Å²) in [5, 5.41) is 2.18. The molecule has 1 aliphatic rings. The number of pyridine rings is 1. The number of nitrogens with zero attached hydrogens (tertiary/aromatic N) is 3. The van der Waals surface area contributed by atoms with Crippen LogP contribution < -0.4 is 10.9 Å². The van der Waals surface area contributed by atoms with Crippen LogP contribution in [0.3, 0.4) is 0 Å².